The van der Waals surface area contributed by atoms with E-state index in [-0.39, 0.29) is 17.6 Å². The van der Waals surface area contributed by atoms with Crippen molar-refractivity contribution >= 4 is 50.0 Å². The molecule has 3 aromatic rings. The minimum atomic E-state index is -3.51. The number of nitrogens with one attached hydrogen (secondary N) is 2. The van der Waals surface area contributed by atoms with E-state index in [1.165, 1.54) is 18.4 Å². The van der Waals surface area contributed by atoms with Gasteiger partial charge in [-0.15, -0.1) is 0 Å². The van der Waals surface area contributed by atoms with Gasteiger partial charge < -0.3 is 19.6 Å². The topological polar surface area (TPSA) is 150 Å². The maximum Gasteiger partial charge on any atom is 0.350 e. The Morgan fingerprint density at radius 2 is 1.83 bits per heavy atom. The van der Waals surface area contributed by atoms with E-state index < -0.39 is 16.0 Å². The second kappa shape index (κ2) is 12.3. The van der Waals surface area contributed by atoms with Gasteiger partial charge in [-0.3, -0.25) is 5.32 Å². The zero-order valence-corrected chi connectivity index (χ0v) is 25.0. The van der Waals surface area contributed by atoms with E-state index in [1.54, 1.807) is 26.0 Å². The number of fused-ring (bicyclic) bond motifs is 1. The highest BCUT2D eigenvalue weighted by atomic mass is 32.2. The number of piperidine rings is 1. The molecule has 41 heavy (non-hydrogen) atoms. The number of ether oxygens (including phenoxy) is 1. The Morgan fingerprint density at radius 3 is 2.51 bits per heavy atom. The van der Waals surface area contributed by atoms with Gasteiger partial charge in [0.15, 0.2) is 5.13 Å². The maximum atomic E-state index is 12.3. The fourth-order valence-electron chi connectivity index (χ4n) is 5.09. The molecule has 0 spiro atoms. The van der Waals surface area contributed by atoms with Crippen LogP contribution in [0.3, 0.4) is 0 Å². The lowest BCUT2D eigenvalue weighted by molar-refractivity contribution is 0.0531. The summed E-state index contributed by atoms with van der Waals surface area (Å²) in [6, 6.07) is 6.85. The summed E-state index contributed by atoms with van der Waals surface area (Å²) in [5, 5.41) is 13.8. The van der Waals surface area contributed by atoms with Gasteiger partial charge >= 0.3 is 5.97 Å². The number of hydrogen-bond donors (Lipinski definition) is 3. The molecule has 3 N–H and O–H groups in total. The van der Waals surface area contributed by atoms with Gasteiger partial charge in [0.2, 0.25) is 16.0 Å². The Bertz CT molecular complexity index is 1500. The normalized spacial score (nSPS) is 16.0. The Kier molecular flexibility index (Phi) is 8.73. The van der Waals surface area contributed by atoms with Gasteiger partial charge in [-0.2, -0.15) is 9.97 Å². The second-order valence-corrected chi connectivity index (χ2v) is 12.9. The van der Waals surface area contributed by atoms with Crippen molar-refractivity contribution < 1.29 is 23.1 Å². The largest absolute Gasteiger partial charge is 0.462 e. The Labute approximate surface area is 243 Å². The first-order valence-corrected chi connectivity index (χ1v) is 16.0. The molecule has 0 saturated carbocycles. The van der Waals surface area contributed by atoms with Crippen molar-refractivity contribution in [2.24, 2.45) is 0 Å². The molecule has 14 heteroatoms. The smallest absolute Gasteiger partial charge is 0.350 e. The average molecular weight is 602 g/mol. The molecule has 0 aliphatic carbocycles. The number of sulfonamides is 1. The second-order valence-electron chi connectivity index (χ2n) is 10.0. The Morgan fingerprint density at radius 1 is 1.12 bits per heavy atom. The van der Waals surface area contributed by atoms with E-state index in [4.69, 9.17) is 14.7 Å². The summed E-state index contributed by atoms with van der Waals surface area (Å²) in [6.07, 6.45) is 2.77. The molecular formula is C27H35N7O5S2. The molecule has 0 bridgehead atoms. The highest BCUT2D eigenvalue weighted by molar-refractivity contribution is 7.89. The van der Waals surface area contributed by atoms with Gasteiger partial charge in [-0.25, -0.2) is 22.9 Å². The molecule has 5 rings (SSSR count). The van der Waals surface area contributed by atoms with Crippen LogP contribution in [-0.4, -0.2) is 73.8 Å². The number of carbonyl (C=O) groups is 1. The number of aliphatic hydroxyl groups is 1. The predicted octanol–water partition coefficient (Wildman–Crippen LogP) is 2.98. The van der Waals surface area contributed by atoms with Crippen molar-refractivity contribution in [2.45, 2.75) is 57.1 Å². The van der Waals surface area contributed by atoms with Crippen molar-refractivity contribution in [3.05, 3.63) is 46.0 Å². The number of esters is 1. The zero-order valence-electron chi connectivity index (χ0n) is 23.4. The van der Waals surface area contributed by atoms with Gasteiger partial charge in [-0.05, 0) is 64.3 Å². The van der Waals surface area contributed by atoms with E-state index in [0.717, 1.165) is 42.1 Å². The van der Waals surface area contributed by atoms with Crippen LogP contribution in [0.2, 0.25) is 0 Å². The first-order chi connectivity index (χ1) is 19.7. The summed E-state index contributed by atoms with van der Waals surface area (Å²) in [6.45, 7) is 6.52. The molecule has 220 valence electrons. The number of aliphatic hydroxyl groups excluding tert-OH is 1. The molecular weight excluding hydrogens is 566 g/mol. The first kappa shape index (κ1) is 29.2. The molecule has 4 heterocycles. The summed E-state index contributed by atoms with van der Waals surface area (Å²) < 4.78 is 31.8. The molecule has 12 nitrogen and oxygen atoms in total. The maximum absolute atomic E-state index is 12.3. The van der Waals surface area contributed by atoms with Gasteiger partial charge in [0.05, 0.1) is 23.3 Å². The van der Waals surface area contributed by atoms with Crippen LogP contribution in [0.5, 0.6) is 0 Å². The minimum absolute atomic E-state index is 0.215. The van der Waals surface area contributed by atoms with E-state index in [0.29, 0.717) is 54.1 Å². The quantitative estimate of drug-likeness (QED) is 0.311. The van der Waals surface area contributed by atoms with Gasteiger partial charge in [0, 0.05) is 31.7 Å². The molecule has 0 unspecified atom stereocenters. The van der Waals surface area contributed by atoms with Crippen LogP contribution in [0, 0.1) is 6.92 Å². The SMILES string of the molecule is CCOC(=O)c1sc(Nc2nc(N3CCC(O)CC3)c3c(n2)N(Cc2ccc(S(=O)(=O)NC)cc2)CCC3)nc1C. The Hall–Kier alpha value is -3.33. The number of hydrogen-bond acceptors (Lipinski definition) is 12. The lowest BCUT2D eigenvalue weighted by atomic mass is 10.0. The van der Waals surface area contributed by atoms with Crippen molar-refractivity contribution in [1.29, 1.82) is 0 Å². The lowest BCUT2D eigenvalue weighted by Crippen LogP contribution is -2.38. The molecule has 1 aromatic carbocycles. The monoisotopic (exact) mass is 601 g/mol. The summed E-state index contributed by atoms with van der Waals surface area (Å²) in [4.78, 5) is 31.7. The predicted molar refractivity (Wildman–Crippen MR) is 158 cm³/mol. The van der Waals surface area contributed by atoms with Gasteiger partial charge in [-0.1, -0.05) is 23.5 Å². The first-order valence-electron chi connectivity index (χ1n) is 13.7. The number of rotatable bonds is 9. The van der Waals surface area contributed by atoms with E-state index in [9.17, 15) is 18.3 Å². The molecule has 2 aliphatic rings. The number of anilines is 4. The van der Waals surface area contributed by atoms with Crippen LogP contribution in [0.4, 0.5) is 22.7 Å². The van der Waals surface area contributed by atoms with Crippen LogP contribution in [0.15, 0.2) is 29.2 Å². The van der Waals surface area contributed by atoms with E-state index in [2.05, 4.69) is 24.8 Å². The summed E-state index contributed by atoms with van der Waals surface area (Å²) in [5.74, 6) is 1.61. The van der Waals surface area contributed by atoms with E-state index >= 15 is 0 Å². The van der Waals surface area contributed by atoms with Crippen LogP contribution >= 0.6 is 11.3 Å². The van der Waals surface area contributed by atoms with Crippen molar-refractivity contribution in [3.63, 3.8) is 0 Å². The van der Waals surface area contributed by atoms with Crippen LogP contribution in [0.1, 0.15) is 52.7 Å². The van der Waals surface area contributed by atoms with Crippen LogP contribution < -0.4 is 19.8 Å². The molecule has 2 aliphatic heterocycles. The fraction of sp³-hybridized carbons (Fsp3) is 0.481. The standard InChI is InChI=1S/C27H35N7O5S2/c1-4-39-25(36)22-17(2)29-27(40-22)32-26-30-23(33-14-11-19(35)12-15-33)21-6-5-13-34(24(21)31-26)16-18-7-9-20(10-8-18)41(37,38)28-3/h7-10,19,28,35H,4-6,11-16H2,1-3H3,(H,29,30,31,32). The number of aromatic nitrogens is 3. The number of carbonyl (C=O) groups excluding carboxylic acids is 1. The van der Waals surface area contributed by atoms with Crippen molar-refractivity contribution in [3.8, 4) is 0 Å². The summed E-state index contributed by atoms with van der Waals surface area (Å²) >= 11 is 1.20. The van der Waals surface area contributed by atoms with Crippen molar-refractivity contribution in [1.82, 2.24) is 19.7 Å². The minimum Gasteiger partial charge on any atom is -0.462 e. The molecule has 0 atom stereocenters. The lowest BCUT2D eigenvalue weighted by Gasteiger charge is -2.36. The van der Waals surface area contributed by atoms with Gasteiger partial charge in [0.25, 0.3) is 0 Å². The van der Waals surface area contributed by atoms with Gasteiger partial charge in [0.1, 0.15) is 16.5 Å². The van der Waals surface area contributed by atoms with Crippen LogP contribution in [-0.2, 0) is 27.7 Å². The summed E-state index contributed by atoms with van der Waals surface area (Å²) in [5.41, 5.74) is 2.58. The number of aryl methyl sites for hydroxylation is 1. The molecule has 1 saturated heterocycles. The number of thiazole rings is 1. The third kappa shape index (κ3) is 6.45. The fourth-order valence-corrected chi connectivity index (χ4v) is 6.68. The average Bonchev–Trinajstić information content (AvgIpc) is 3.33. The van der Waals surface area contributed by atoms with Crippen LogP contribution in [0.25, 0.3) is 0 Å². The molecule has 0 amide bonds. The molecule has 2 aromatic heterocycles. The number of nitrogens with zero attached hydrogens (tertiary/aromatic N) is 5. The number of benzene rings is 1. The third-order valence-electron chi connectivity index (χ3n) is 7.23. The Balaban J connectivity index is 1.48. The van der Waals surface area contributed by atoms with E-state index in [1.807, 2.05) is 12.1 Å². The highest BCUT2D eigenvalue weighted by Crippen LogP contribution is 2.36. The molecule has 1 fully saturated rings. The molecule has 0 radical (unpaired) electrons. The zero-order chi connectivity index (χ0) is 29.1. The summed E-state index contributed by atoms with van der Waals surface area (Å²) in [7, 11) is -2.12. The highest BCUT2D eigenvalue weighted by Gasteiger charge is 2.29. The van der Waals surface area contributed by atoms with Crippen molar-refractivity contribution in [2.75, 3.05) is 48.4 Å². The third-order valence-corrected chi connectivity index (χ3v) is 9.72.